The topological polar surface area (TPSA) is 86.3 Å². The summed E-state index contributed by atoms with van der Waals surface area (Å²) in [4.78, 5) is 32.8. The quantitative estimate of drug-likeness (QED) is 0.555. The molecule has 0 saturated carbocycles. The molecule has 2 heterocycles. The average molecular weight is 430 g/mol. The molecule has 2 aliphatic heterocycles. The number of rotatable bonds is 5. The number of amides is 2. The molecular formula is C23H35N5O3. The van der Waals surface area contributed by atoms with E-state index in [0.717, 1.165) is 49.7 Å². The van der Waals surface area contributed by atoms with Crippen molar-refractivity contribution in [2.75, 3.05) is 31.1 Å². The standard InChI is InChI=1S/C23H35N5O3/c1-5-24-21(27-14-12-18(16-27)26-22(30)31-23(2,3)4)25-15-17-8-10-19(11-9-17)28-13-6-7-20(28)29/h8-11,18H,5-7,12-16H2,1-4H3,(H,24,25)(H,26,30). The van der Waals surface area contributed by atoms with Gasteiger partial charge in [0.05, 0.1) is 12.6 Å². The zero-order valence-corrected chi connectivity index (χ0v) is 19.1. The molecule has 8 heteroatoms. The zero-order valence-electron chi connectivity index (χ0n) is 19.1. The molecule has 3 rings (SSSR count). The first-order valence-corrected chi connectivity index (χ1v) is 11.2. The second-order valence-electron chi connectivity index (χ2n) is 9.06. The van der Waals surface area contributed by atoms with Crippen LogP contribution in [0.4, 0.5) is 10.5 Å². The normalized spacial score (nSPS) is 19.7. The van der Waals surface area contributed by atoms with Gasteiger partial charge in [-0.1, -0.05) is 12.1 Å². The van der Waals surface area contributed by atoms with Gasteiger partial charge in [0.15, 0.2) is 5.96 Å². The molecule has 0 aromatic heterocycles. The SMILES string of the molecule is CCNC(=NCc1ccc(N2CCCC2=O)cc1)N1CCC(NC(=O)OC(C)(C)C)C1. The lowest BCUT2D eigenvalue weighted by Gasteiger charge is -2.23. The molecule has 1 aromatic carbocycles. The van der Waals surface area contributed by atoms with Crippen LogP contribution in [0, 0.1) is 0 Å². The summed E-state index contributed by atoms with van der Waals surface area (Å²) in [6.45, 7) is 11.3. The van der Waals surface area contributed by atoms with E-state index in [-0.39, 0.29) is 18.0 Å². The molecule has 0 spiro atoms. The van der Waals surface area contributed by atoms with E-state index < -0.39 is 5.60 Å². The van der Waals surface area contributed by atoms with Gasteiger partial charge < -0.3 is 25.2 Å². The van der Waals surface area contributed by atoms with Crippen LogP contribution in [-0.2, 0) is 16.1 Å². The minimum Gasteiger partial charge on any atom is -0.444 e. The molecule has 0 bridgehead atoms. The van der Waals surface area contributed by atoms with Gasteiger partial charge in [-0.3, -0.25) is 4.79 Å². The number of nitrogens with one attached hydrogen (secondary N) is 2. The maximum atomic E-state index is 12.0. The average Bonchev–Trinajstić information content (AvgIpc) is 3.33. The Labute approximate surface area is 185 Å². The summed E-state index contributed by atoms with van der Waals surface area (Å²) in [7, 11) is 0. The van der Waals surface area contributed by atoms with E-state index in [1.54, 1.807) is 0 Å². The highest BCUT2D eigenvalue weighted by Crippen LogP contribution is 2.22. The van der Waals surface area contributed by atoms with Gasteiger partial charge in [0, 0.05) is 38.3 Å². The summed E-state index contributed by atoms with van der Waals surface area (Å²) in [5, 5.41) is 6.30. The number of guanidine groups is 1. The van der Waals surface area contributed by atoms with E-state index in [1.165, 1.54) is 0 Å². The lowest BCUT2D eigenvalue weighted by atomic mass is 10.2. The molecule has 2 N–H and O–H groups in total. The van der Waals surface area contributed by atoms with Crippen molar-refractivity contribution in [3.8, 4) is 0 Å². The van der Waals surface area contributed by atoms with Crippen LogP contribution in [0.2, 0.25) is 0 Å². The molecule has 1 unspecified atom stereocenters. The second kappa shape index (κ2) is 10.0. The van der Waals surface area contributed by atoms with Crippen LogP contribution in [0.25, 0.3) is 0 Å². The summed E-state index contributed by atoms with van der Waals surface area (Å²) in [6.07, 6.45) is 2.04. The number of hydrogen-bond acceptors (Lipinski definition) is 4. The predicted molar refractivity (Wildman–Crippen MR) is 122 cm³/mol. The monoisotopic (exact) mass is 429 g/mol. The third kappa shape index (κ3) is 6.60. The Bertz CT molecular complexity index is 800. The Kier molecular flexibility index (Phi) is 7.41. The van der Waals surface area contributed by atoms with Crippen LogP contribution in [0.5, 0.6) is 0 Å². The minimum absolute atomic E-state index is 0.0380. The van der Waals surface area contributed by atoms with Crippen molar-refractivity contribution < 1.29 is 14.3 Å². The Morgan fingerprint density at radius 3 is 2.58 bits per heavy atom. The molecule has 0 radical (unpaired) electrons. The maximum absolute atomic E-state index is 12.0. The number of alkyl carbamates (subject to hydrolysis) is 1. The lowest BCUT2D eigenvalue weighted by Crippen LogP contribution is -2.44. The highest BCUT2D eigenvalue weighted by molar-refractivity contribution is 5.95. The highest BCUT2D eigenvalue weighted by Gasteiger charge is 2.28. The number of carbonyl (C=O) groups is 2. The Morgan fingerprint density at radius 1 is 1.23 bits per heavy atom. The van der Waals surface area contributed by atoms with E-state index in [4.69, 9.17) is 9.73 Å². The van der Waals surface area contributed by atoms with Crippen molar-refractivity contribution >= 4 is 23.6 Å². The molecule has 8 nitrogen and oxygen atoms in total. The maximum Gasteiger partial charge on any atom is 0.407 e. The largest absolute Gasteiger partial charge is 0.444 e. The number of hydrogen-bond donors (Lipinski definition) is 2. The summed E-state index contributed by atoms with van der Waals surface area (Å²) in [6, 6.07) is 8.10. The molecule has 31 heavy (non-hydrogen) atoms. The van der Waals surface area contributed by atoms with E-state index >= 15 is 0 Å². The van der Waals surface area contributed by atoms with Crippen LogP contribution in [0.1, 0.15) is 52.5 Å². The van der Waals surface area contributed by atoms with Crippen LogP contribution < -0.4 is 15.5 Å². The summed E-state index contributed by atoms with van der Waals surface area (Å²) >= 11 is 0. The second-order valence-corrected chi connectivity index (χ2v) is 9.06. The first-order chi connectivity index (χ1) is 14.7. The Morgan fingerprint density at radius 2 is 1.97 bits per heavy atom. The number of likely N-dealkylation sites (tertiary alicyclic amines) is 1. The van der Waals surface area contributed by atoms with E-state index in [9.17, 15) is 9.59 Å². The fourth-order valence-corrected chi connectivity index (χ4v) is 3.84. The van der Waals surface area contributed by atoms with Gasteiger partial charge in [-0.2, -0.15) is 0 Å². The summed E-state index contributed by atoms with van der Waals surface area (Å²) < 4.78 is 5.36. The number of nitrogens with zero attached hydrogens (tertiary/aromatic N) is 3. The van der Waals surface area contributed by atoms with Crippen molar-refractivity contribution in [2.24, 2.45) is 4.99 Å². The molecule has 0 aliphatic carbocycles. The molecule has 170 valence electrons. The van der Waals surface area contributed by atoms with Gasteiger partial charge >= 0.3 is 6.09 Å². The highest BCUT2D eigenvalue weighted by atomic mass is 16.6. The van der Waals surface area contributed by atoms with Crippen molar-refractivity contribution in [2.45, 2.75) is 65.1 Å². The molecular weight excluding hydrogens is 394 g/mol. The zero-order chi connectivity index (χ0) is 22.4. The van der Waals surface area contributed by atoms with E-state index in [1.807, 2.05) is 56.9 Å². The van der Waals surface area contributed by atoms with Crippen LogP contribution in [0.3, 0.4) is 0 Å². The van der Waals surface area contributed by atoms with Gasteiger partial charge in [-0.15, -0.1) is 0 Å². The number of ether oxygens (including phenoxy) is 1. The fraction of sp³-hybridized carbons (Fsp3) is 0.609. The minimum atomic E-state index is -0.504. The third-order valence-corrected chi connectivity index (χ3v) is 5.28. The predicted octanol–water partition coefficient (Wildman–Crippen LogP) is 2.88. The van der Waals surface area contributed by atoms with Gasteiger partial charge in [0.2, 0.25) is 5.91 Å². The molecule has 1 atom stereocenters. The Balaban J connectivity index is 1.56. The third-order valence-electron chi connectivity index (χ3n) is 5.28. The number of carbonyl (C=O) groups excluding carboxylic acids is 2. The van der Waals surface area contributed by atoms with Gasteiger partial charge in [0.1, 0.15) is 5.60 Å². The molecule has 1 aromatic rings. The van der Waals surface area contributed by atoms with Gasteiger partial charge in [-0.05, 0) is 58.2 Å². The fourth-order valence-electron chi connectivity index (χ4n) is 3.84. The summed E-state index contributed by atoms with van der Waals surface area (Å²) in [5.74, 6) is 1.04. The van der Waals surface area contributed by atoms with Crippen molar-refractivity contribution in [3.63, 3.8) is 0 Å². The van der Waals surface area contributed by atoms with Crippen LogP contribution >= 0.6 is 0 Å². The van der Waals surface area contributed by atoms with Gasteiger partial charge in [0.25, 0.3) is 0 Å². The number of aliphatic imine (C=N–C) groups is 1. The molecule has 2 amide bonds. The smallest absolute Gasteiger partial charge is 0.407 e. The molecule has 2 saturated heterocycles. The first kappa shape index (κ1) is 22.9. The van der Waals surface area contributed by atoms with Crippen LogP contribution in [-0.4, -0.2) is 60.7 Å². The Hall–Kier alpha value is -2.77. The first-order valence-electron chi connectivity index (χ1n) is 11.2. The van der Waals surface area contributed by atoms with Crippen LogP contribution in [0.15, 0.2) is 29.3 Å². The van der Waals surface area contributed by atoms with E-state index in [2.05, 4.69) is 15.5 Å². The number of benzene rings is 1. The van der Waals surface area contributed by atoms with Crippen molar-refractivity contribution in [1.29, 1.82) is 0 Å². The van der Waals surface area contributed by atoms with E-state index in [0.29, 0.717) is 19.5 Å². The van der Waals surface area contributed by atoms with Crippen molar-refractivity contribution in [1.82, 2.24) is 15.5 Å². The molecule has 2 fully saturated rings. The number of anilines is 1. The lowest BCUT2D eigenvalue weighted by molar-refractivity contribution is -0.117. The van der Waals surface area contributed by atoms with Crippen molar-refractivity contribution in [3.05, 3.63) is 29.8 Å². The van der Waals surface area contributed by atoms with Gasteiger partial charge in [-0.25, -0.2) is 9.79 Å². The molecule has 2 aliphatic rings. The summed E-state index contributed by atoms with van der Waals surface area (Å²) in [5.41, 5.74) is 1.54.